The maximum atomic E-state index is 14.1. The molecule has 182 valence electrons. The summed E-state index contributed by atoms with van der Waals surface area (Å²) in [4.78, 5) is 35.0. The molecule has 0 radical (unpaired) electrons. The molecule has 9 nitrogen and oxygen atoms in total. The van der Waals surface area contributed by atoms with Gasteiger partial charge in [0.25, 0.3) is 0 Å². The minimum Gasteiger partial charge on any atom is -0.324 e. The number of nitrogens with one attached hydrogen (secondary N) is 1. The van der Waals surface area contributed by atoms with Gasteiger partial charge in [0.2, 0.25) is 5.95 Å². The first kappa shape index (κ1) is 23.4. The second-order valence-electron chi connectivity index (χ2n) is 8.60. The molecule has 5 aromatic rings. The molecule has 3 heterocycles. The highest BCUT2D eigenvalue weighted by Gasteiger charge is 2.18. The summed E-state index contributed by atoms with van der Waals surface area (Å²) in [7, 11) is 1.79. The number of hydrogen-bond acceptors (Lipinski definition) is 6. The Morgan fingerprint density at radius 3 is 2.58 bits per heavy atom. The second-order valence-corrected chi connectivity index (χ2v) is 9.01. The topological polar surface area (TPSA) is 99.6 Å². The van der Waals surface area contributed by atoms with Crippen molar-refractivity contribution >= 4 is 34.1 Å². The molecule has 0 saturated carbocycles. The molecular weight excluding hydrogens is 485 g/mol. The molecule has 0 bridgehead atoms. The van der Waals surface area contributed by atoms with Crippen LogP contribution in [0.1, 0.15) is 16.7 Å². The van der Waals surface area contributed by atoms with Crippen LogP contribution in [0.3, 0.4) is 0 Å². The van der Waals surface area contributed by atoms with Crippen LogP contribution in [0.5, 0.6) is 0 Å². The summed E-state index contributed by atoms with van der Waals surface area (Å²) >= 11 is 6.47. The molecule has 36 heavy (non-hydrogen) atoms. The average molecular weight is 506 g/mol. The molecule has 1 N–H and O–H groups in total. The zero-order chi connectivity index (χ0) is 25.6. The van der Waals surface area contributed by atoms with Gasteiger partial charge in [0, 0.05) is 24.8 Å². The molecule has 0 unspecified atom stereocenters. The Kier molecular flexibility index (Phi) is 5.89. The van der Waals surface area contributed by atoms with Crippen LogP contribution in [0, 0.1) is 19.7 Å². The van der Waals surface area contributed by atoms with Gasteiger partial charge < -0.3 is 5.32 Å². The molecule has 11 heteroatoms. The number of rotatable bonds is 5. The molecule has 0 aliphatic carbocycles. The van der Waals surface area contributed by atoms with Gasteiger partial charge in [-0.3, -0.25) is 14.2 Å². The van der Waals surface area contributed by atoms with E-state index in [1.165, 1.54) is 22.9 Å². The van der Waals surface area contributed by atoms with E-state index in [9.17, 15) is 14.0 Å². The third kappa shape index (κ3) is 4.50. The molecule has 0 aliphatic rings. The van der Waals surface area contributed by atoms with Gasteiger partial charge in [-0.1, -0.05) is 17.7 Å². The normalized spacial score (nSPS) is 11.2. The molecule has 0 saturated heterocycles. The fourth-order valence-corrected chi connectivity index (χ4v) is 4.29. The van der Waals surface area contributed by atoms with Crippen molar-refractivity contribution in [3.8, 4) is 5.69 Å². The van der Waals surface area contributed by atoms with Crippen LogP contribution < -0.4 is 16.7 Å². The minimum absolute atomic E-state index is 0.0334. The number of halogens is 2. The van der Waals surface area contributed by atoms with Crippen LogP contribution in [0.15, 0.2) is 64.6 Å². The van der Waals surface area contributed by atoms with Gasteiger partial charge >= 0.3 is 11.4 Å². The van der Waals surface area contributed by atoms with E-state index in [1.54, 1.807) is 56.0 Å². The van der Waals surface area contributed by atoms with Crippen LogP contribution in [0.25, 0.3) is 16.6 Å². The Labute approximate surface area is 209 Å². The summed E-state index contributed by atoms with van der Waals surface area (Å²) in [6.07, 6.45) is 4.84. The molecule has 0 fully saturated rings. The molecule has 0 aliphatic heterocycles. The van der Waals surface area contributed by atoms with E-state index in [2.05, 4.69) is 20.4 Å². The van der Waals surface area contributed by atoms with E-state index >= 15 is 0 Å². The van der Waals surface area contributed by atoms with Crippen LogP contribution in [0.2, 0.25) is 5.02 Å². The number of anilines is 2. The van der Waals surface area contributed by atoms with Gasteiger partial charge in [-0.05, 0) is 60.9 Å². The smallest absolute Gasteiger partial charge is 0.324 e. The number of benzene rings is 2. The van der Waals surface area contributed by atoms with Gasteiger partial charge in [-0.15, -0.1) is 0 Å². The predicted octanol–water partition coefficient (Wildman–Crippen LogP) is 3.88. The van der Waals surface area contributed by atoms with Gasteiger partial charge in [-0.25, -0.2) is 18.5 Å². The Bertz CT molecular complexity index is 1740. The third-order valence-corrected chi connectivity index (χ3v) is 5.90. The van der Waals surface area contributed by atoms with E-state index in [0.29, 0.717) is 27.4 Å². The van der Waals surface area contributed by atoms with E-state index < -0.39 is 17.2 Å². The standard InChI is InChI=1S/C25H21ClFN7O2/c1-14-4-16(7-18(27)5-14)12-33-23(29-22-8-17-13-32(3)31-21(17)9-20(22)26)30-24(35)34(25(33)36)19-6-15(2)10-28-11-19/h4-11,13H,12H2,1-3H3,(H,29,30,35). The highest BCUT2D eigenvalue weighted by atomic mass is 35.5. The molecule has 3 aromatic heterocycles. The Hall–Kier alpha value is -4.31. The maximum Gasteiger partial charge on any atom is 0.359 e. The minimum atomic E-state index is -0.792. The fourth-order valence-electron chi connectivity index (χ4n) is 4.09. The third-order valence-electron chi connectivity index (χ3n) is 5.59. The van der Waals surface area contributed by atoms with Crippen molar-refractivity contribution in [1.82, 2.24) is 28.9 Å². The molecule has 5 rings (SSSR count). The molecule has 0 spiro atoms. The van der Waals surface area contributed by atoms with Crippen molar-refractivity contribution in [2.24, 2.45) is 7.05 Å². The monoisotopic (exact) mass is 505 g/mol. The molecule has 2 aromatic carbocycles. The van der Waals surface area contributed by atoms with Crippen LogP contribution >= 0.6 is 11.6 Å². The molecular formula is C25H21ClFN7O2. The summed E-state index contributed by atoms with van der Waals surface area (Å²) in [6.45, 7) is 3.52. The zero-order valence-electron chi connectivity index (χ0n) is 19.7. The van der Waals surface area contributed by atoms with E-state index in [-0.39, 0.29) is 18.2 Å². The first-order valence-corrected chi connectivity index (χ1v) is 11.4. The van der Waals surface area contributed by atoms with Crippen molar-refractivity contribution in [2.75, 3.05) is 5.32 Å². The van der Waals surface area contributed by atoms with E-state index in [1.807, 2.05) is 6.20 Å². The lowest BCUT2D eigenvalue weighted by Crippen LogP contribution is -2.41. The van der Waals surface area contributed by atoms with Crippen LogP contribution in [-0.2, 0) is 13.6 Å². The zero-order valence-corrected chi connectivity index (χ0v) is 20.4. The van der Waals surface area contributed by atoms with Gasteiger partial charge in [0.05, 0.1) is 34.7 Å². The lowest BCUT2D eigenvalue weighted by Gasteiger charge is -2.16. The first-order valence-electron chi connectivity index (χ1n) is 11.0. The number of pyridine rings is 1. The quantitative estimate of drug-likeness (QED) is 0.389. The van der Waals surface area contributed by atoms with Crippen molar-refractivity contribution in [2.45, 2.75) is 20.4 Å². The van der Waals surface area contributed by atoms with Gasteiger partial charge in [0.15, 0.2) is 0 Å². The SMILES string of the molecule is Cc1cc(F)cc(Cn2c(Nc3cc4cn(C)nc4cc3Cl)nc(=O)n(-c3cncc(C)c3)c2=O)c1. The average Bonchev–Trinajstić information content (AvgIpc) is 3.14. The summed E-state index contributed by atoms with van der Waals surface area (Å²) in [6, 6.07) is 9.58. The lowest BCUT2D eigenvalue weighted by atomic mass is 10.1. The number of nitrogens with zero attached hydrogens (tertiary/aromatic N) is 6. The summed E-state index contributed by atoms with van der Waals surface area (Å²) in [5.74, 6) is -0.462. The largest absolute Gasteiger partial charge is 0.359 e. The molecule has 0 amide bonds. The van der Waals surface area contributed by atoms with Gasteiger partial charge in [-0.2, -0.15) is 10.1 Å². The number of hydrogen-bond donors (Lipinski definition) is 1. The highest BCUT2D eigenvalue weighted by molar-refractivity contribution is 6.34. The lowest BCUT2D eigenvalue weighted by molar-refractivity contribution is 0.616. The Morgan fingerprint density at radius 1 is 1.03 bits per heavy atom. The summed E-state index contributed by atoms with van der Waals surface area (Å²) < 4.78 is 18.0. The molecule has 0 atom stereocenters. The highest BCUT2D eigenvalue weighted by Crippen LogP contribution is 2.29. The Balaban J connectivity index is 1.69. The Morgan fingerprint density at radius 2 is 1.83 bits per heavy atom. The van der Waals surface area contributed by atoms with E-state index in [4.69, 9.17) is 11.6 Å². The van der Waals surface area contributed by atoms with Crippen molar-refractivity contribution in [3.63, 3.8) is 0 Å². The summed E-state index contributed by atoms with van der Waals surface area (Å²) in [5.41, 5.74) is 1.94. The number of aryl methyl sites for hydroxylation is 3. The number of fused-ring (bicyclic) bond motifs is 1. The summed E-state index contributed by atoms with van der Waals surface area (Å²) in [5, 5.41) is 8.49. The fraction of sp³-hybridized carbons (Fsp3) is 0.160. The van der Waals surface area contributed by atoms with Gasteiger partial charge in [0.1, 0.15) is 5.82 Å². The van der Waals surface area contributed by atoms with Crippen LogP contribution in [-0.4, -0.2) is 28.9 Å². The first-order chi connectivity index (χ1) is 17.2. The van der Waals surface area contributed by atoms with Crippen molar-refractivity contribution < 1.29 is 4.39 Å². The van der Waals surface area contributed by atoms with E-state index in [0.717, 1.165) is 15.5 Å². The van der Waals surface area contributed by atoms with Crippen molar-refractivity contribution in [1.29, 1.82) is 0 Å². The van der Waals surface area contributed by atoms with Crippen LogP contribution in [0.4, 0.5) is 16.0 Å². The van der Waals surface area contributed by atoms with Crippen molar-refractivity contribution in [3.05, 3.63) is 103 Å². The second kappa shape index (κ2) is 9.04. The number of aromatic nitrogens is 6. The maximum absolute atomic E-state index is 14.1. The predicted molar refractivity (Wildman–Crippen MR) is 136 cm³/mol.